The molecule has 1 rings (SSSR count). The van der Waals surface area contributed by atoms with Crippen LogP contribution in [0, 0.1) is 26.2 Å². The van der Waals surface area contributed by atoms with Crippen molar-refractivity contribution in [2.75, 3.05) is 0 Å². The minimum atomic E-state index is -3.53. The molecule has 0 bridgehead atoms. The molecule has 1 atom stereocenters. The zero-order chi connectivity index (χ0) is 13.1. The van der Waals surface area contributed by atoms with Gasteiger partial charge in [-0.3, -0.25) is 0 Å². The van der Waals surface area contributed by atoms with E-state index < -0.39 is 16.1 Å². The van der Waals surface area contributed by atoms with Crippen molar-refractivity contribution in [1.82, 2.24) is 4.72 Å². The maximum atomic E-state index is 12.1. The summed E-state index contributed by atoms with van der Waals surface area (Å²) in [7, 11) is -3.53. The number of hydrogen-bond donors (Lipinski definition) is 1. The minimum Gasteiger partial charge on any atom is -0.207 e. The molecule has 0 saturated carbocycles. The average molecular weight is 251 g/mol. The monoisotopic (exact) mass is 251 g/mol. The molecular formula is C13H17NO2S. The van der Waals surface area contributed by atoms with Gasteiger partial charge in [-0.15, -0.1) is 6.42 Å². The third kappa shape index (κ3) is 3.32. The first kappa shape index (κ1) is 13.8. The first-order valence-electron chi connectivity index (χ1n) is 5.46. The van der Waals surface area contributed by atoms with Crippen LogP contribution in [0.5, 0.6) is 0 Å². The summed E-state index contributed by atoms with van der Waals surface area (Å²) in [6, 6.07) is 4.87. The predicted octanol–water partition coefficient (Wildman–Crippen LogP) is 1.99. The summed E-state index contributed by atoms with van der Waals surface area (Å²) in [5.74, 6) is 2.42. The van der Waals surface area contributed by atoms with Crippen LogP contribution in [-0.2, 0) is 10.0 Å². The smallest absolute Gasteiger partial charge is 0.207 e. The zero-order valence-electron chi connectivity index (χ0n) is 10.3. The second kappa shape index (κ2) is 5.35. The maximum absolute atomic E-state index is 12.1. The number of nitrogens with one attached hydrogen (secondary N) is 1. The fraction of sp³-hybridized carbons (Fsp3) is 0.385. The molecule has 0 saturated heterocycles. The highest BCUT2D eigenvalue weighted by Gasteiger charge is 2.19. The molecular weight excluding hydrogens is 234 g/mol. The van der Waals surface area contributed by atoms with Gasteiger partial charge in [0.15, 0.2) is 0 Å². The maximum Gasteiger partial charge on any atom is 0.241 e. The molecule has 1 aromatic rings. The number of aryl methyl sites for hydroxylation is 2. The van der Waals surface area contributed by atoms with Gasteiger partial charge in [0.05, 0.1) is 10.9 Å². The SMILES string of the molecule is C#CC(CC)NS(=O)(=O)c1cc(C)ccc1C. The van der Waals surface area contributed by atoms with Crippen molar-refractivity contribution in [3.63, 3.8) is 0 Å². The van der Waals surface area contributed by atoms with E-state index in [0.717, 1.165) is 11.1 Å². The fourth-order valence-corrected chi connectivity index (χ4v) is 3.05. The molecule has 0 aliphatic heterocycles. The normalized spacial score (nSPS) is 13.1. The topological polar surface area (TPSA) is 46.2 Å². The van der Waals surface area contributed by atoms with Crippen molar-refractivity contribution >= 4 is 10.0 Å². The second-order valence-electron chi connectivity index (χ2n) is 4.02. The van der Waals surface area contributed by atoms with Crippen LogP contribution in [0.2, 0.25) is 0 Å². The van der Waals surface area contributed by atoms with Crippen LogP contribution in [-0.4, -0.2) is 14.5 Å². The molecule has 17 heavy (non-hydrogen) atoms. The van der Waals surface area contributed by atoms with E-state index in [2.05, 4.69) is 10.6 Å². The predicted molar refractivity (Wildman–Crippen MR) is 69.1 cm³/mol. The first-order valence-corrected chi connectivity index (χ1v) is 6.94. The Kier molecular flexibility index (Phi) is 4.33. The van der Waals surface area contributed by atoms with E-state index in [9.17, 15) is 8.42 Å². The summed E-state index contributed by atoms with van der Waals surface area (Å²) in [6.07, 6.45) is 5.83. The Morgan fingerprint density at radius 2 is 2.06 bits per heavy atom. The highest BCUT2D eigenvalue weighted by atomic mass is 32.2. The molecule has 4 heteroatoms. The zero-order valence-corrected chi connectivity index (χ0v) is 11.1. The molecule has 0 aromatic heterocycles. The van der Waals surface area contributed by atoms with Crippen molar-refractivity contribution in [2.45, 2.75) is 38.1 Å². The molecule has 0 radical (unpaired) electrons. The van der Waals surface area contributed by atoms with E-state index in [1.54, 1.807) is 19.1 Å². The van der Waals surface area contributed by atoms with Gasteiger partial charge < -0.3 is 0 Å². The van der Waals surface area contributed by atoms with Gasteiger partial charge >= 0.3 is 0 Å². The van der Waals surface area contributed by atoms with Gasteiger partial charge in [0.2, 0.25) is 10.0 Å². The van der Waals surface area contributed by atoms with Crippen LogP contribution >= 0.6 is 0 Å². The Labute approximate surface area is 103 Å². The standard InChI is InChI=1S/C13H17NO2S/c1-5-12(6-2)14-17(15,16)13-9-10(3)7-8-11(13)4/h1,7-9,12,14H,6H2,2-4H3. The Balaban J connectivity index is 3.14. The minimum absolute atomic E-state index is 0.297. The number of rotatable bonds is 4. The molecule has 1 unspecified atom stereocenters. The molecule has 0 spiro atoms. The van der Waals surface area contributed by atoms with Crippen LogP contribution in [0.1, 0.15) is 24.5 Å². The van der Waals surface area contributed by atoms with Gasteiger partial charge in [0, 0.05) is 0 Å². The summed E-state index contributed by atoms with van der Waals surface area (Å²) in [4.78, 5) is 0.297. The van der Waals surface area contributed by atoms with Gasteiger partial charge in [-0.2, -0.15) is 4.72 Å². The van der Waals surface area contributed by atoms with Crippen LogP contribution in [0.3, 0.4) is 0 Å². The second-order valence-corrected chi connectivity index (χ2v) is 5.70. The third-order valence-electron chi connectivity index (χ3n) is 2.54. The van der Waals surface area contributed by atoms with Crippen molar-refractivity contribution in [2.24, 2.45) is 0 Å². The molecule has 3 nitrogen and oxygen atoms in total. The molecule has 1 aromatic carbocycles. The molecule has 0 amide bonds. The average Bonchev–Trinajstić information content (AvgIpc) is 2.29. The molecule has 1 N–H and O–H groups in total. The number of benzene rings is 1. The van der Waals surface area contributed by atoms with Gasteiger partial charge in [-0.05, 0) is 37.5 Å². The van der Waals surface area contributed by atoms with E-state index in [1.807, 2.05) is 19.9 Å². The van der Waals surface area contributed by atoms with E-state index in [4.69, 9.17) is 6.42 Å². The van der Waals surface area contributed by atoms with Crippen LogP contribution in [0.25, 0.3) is 0 Å². The summed E-state index contributed by atoms with van der Waals surface area (Å²) >= 11 is 0. The van der Waals surface area contributed by atoms with Gasteiger partial charge in [-0.1, -0.05) is 25.0 Å². The lowest BCUT2D eigenvalue weighted by Gasteiger charge is -2.13. The Morgan fingerprint density at radius 1 is 1.41 bits per heavy atom. The van der Waals surface area contributed by atoms with Gasteiger partial charge in [0.25, 0.3) is 0 Å². The summed E-state index contributed by atoms with van der Waals surface area (Å²) in [5.41, 5.74) is 1.62. The lowest BCUT2D eigenvalue weighted by atomic mass is 10.2. The van der Waals surface area contributed by atoms with Crippen LogP contribution in [0.4, 0.5) is 0 Å². The lowest BCUT2D eigenvalue weighted by molar-refractivity contribution is 0.570. The largest absolute Gasteiger partial charge is 0.241 e. The molecule has 0 aliphatic carbocycles. The van der Waals surface area contributed by atoms with Crippen LogP contribution in [0.15, 0.2) is 23.1 Å². The Hall–Kier alpha value is -1.31. The fourth-order valence-electron chi connectivity index (χ4n) is 1.48. The van der Waals surface area contributed by atoms with Crippen molar-refractivity contribution in [3.05, 3.63) is 29.3 Å². The Bertz CT molecular complexity index is 541. The summed E-state index contributed by atoms with van der Waals surface area (Å²) < 4.78 is 26.8. The molecule has 0 fully saturated rings. The summed E-state index contributed by atoms with van der Waals surface area (Å²) in [6.45, 7) is 5.47. The lowest BCUT2D eigenvalue weighted by Crippen LogP contribution is -2.33. The Morgan fingerprint density at radius 3 is 2.59 bits per heavy atom. The molecule has 0 heterocycles. The van der Waals surface area contributed by atoms with Crippen LogP contribution < -0.4 is 4.72 Å². The third-order valence-corrected chi connectivity index (χ3v) is 4.15. The number of terminal acetylenes is 1. The molecule has 92 valence electrons. The van der Waals surface area contributed by atoms with E-state index in [0.29, 0.717) is 11.3 Å². The van der Waals surface area contributed by atoms with Gasteiger partial charge in [0.1, 0.15) is 0 Å². The highest BCUT2D eigenvalue weighted by molar-refractivity contribution is 7.89. The number of hydrogen-bond acceptors (Lipinski definition) is 2. The van der Waals surface area contributed by atoms with Crippen molar-refractivity contribution < 1.29 is 8.42 Å². The summed E-state index contributed by atoms with van der Waals surface area (Å²) in [5, 5.41) is 0. The van der Waals surface area contributed by atoms with E-state index >= 15 is 0 Å². The first-order chi connectivity index (χ1) is 7.90. The van der Waals surface area contributed by atoms with Crippen molar-refractivity contribution in [1.29, 1.82) is 0 Å². The van der Waals surface area contributed by atoms with Crippen molar-refractivity contribution in [3.8, 4) is 12.3 Å². The number of sulfonamides is 1. The quantitative estimate of drug-likeness (QED) is 0.832. The van der Waals surface area contributed by atoms with Gasteiger partial charge in [-0.25, -0.2) is 8.42 Å². The van der Waals surface area contributed by atoms with E-state index in [-0.39, 0.29) is 0 Å². The van der Waals surface area contributed by atoms with E-state index in [1.165, 1.54) is 0 Å². The molecule has 0 aliphatic rings. The highest BCUT2D eigenvalue weighted by Crippen LogP contribution is 2.17.